The zero-order chi connectivity index (χ0) is 11.2. The Bertz CT molecular complexity index is 363. The van der Waals surface area contributed by atoms with Crippen molar-refractivity contribution < 1.29 is 14.9 Å². The van der Waals surface area contributed by atoms with Gasteiger partial charge >= 0.3 is 0 Å². The Morgan fingerprint density at radius 2 is 1.69 bits per heavy atom. The third kappa shape index (κ3) is 1.42. The summed E-state index contributed by atoms with van der Waals surface area (Å²) in [5, 5.41) is 19.9. The summed E-state index contributed by atoms with van der Waals surface area (Å²) in [6, 6.07) is 9.81. The van der Waals surface area contributed by atoms with Gasteiger partial charge in [0.15, 0.2) is 0 Å². The van der Waals surface area contributed by atoms with E-state index in [0.717, 1.165) is 5.69 Å². The molecule has 2 unspecified atom stereocenters. The van der Waals surface area contributed by atoms with E-state index in [4.69, 9.17) is 4.74 Å². The number of β-amino-alcohol motifs (C(OH)–C–C–N with tert-alkyl or cyclic N) is 2. The molecule has 1 spiro atoms. The van der Waals surface area contributed by atoms with Crippen molar-refractivity contribution in [1.82, 2.24) is 0 Å². The summed E-state index contributed by atoms with van der Waals surface area (Å²) >= 11 is 0. The van der Waals surface area contributed by atoms with Crippen molar-refractivity contribution in [2.45, 2.75) is 17.8 Å². The first-order valence-corrected chi connectivity index (χ1v) is 5.52. The van der Waals surface area contributed by atoms with E-state index in [1.54, 1.807) is 0 Å². The van der Waals surface area contributed by atoms with Crippen LogP contribution in [0.5, 0.6) is 0 Å². The summed E-state index contributed by atoms with van der Waals surface area (Å²) in [7, 11) is 0. The number of nitrogens with zero attached hydrogens (tertiary/aromatic N) is 1. The highest BCUT2D eigenvalue weighted by atomic mass is 16.6. The van der Waals surface area contributed by atoms with E-state index in [2.05, 4.69) is 0 Å². The van der Waals surface area contributed by atoms with E-state index in [1.807, 2.05) is 35.2 Å². The van der Waals surface area contributed by atoms with Gasteiger partial charge in [0.05, 0.1) is 6.61 Å². The Morgan fingerprint density at radius 3 is 2.19 bits per heavy atom. The minimum atomic E-state index is -0.675. The standard InChI is InChI=1S/C12H15NO3/c14-10-6-13(9-4-2-1-3-5-9)7-11(15)12(10)8-16-12/h1-5,10-11,14-15H,6-8H2. The summed E-state index contributed by atoms with van der Waals surface area (Å²) in [5.41, 5.74) is 0.349. The van der Waals surface area contributed by atoms with Gasteiger partial charge in [-0.2, -0.15) is 0 Å². The maximum absolute atomic E-state index is 9.97. The van der Waals surface area contributed by atoms with Crippen LogP contribution in [0.1, 0.15) is 0 Å². The first-order valence-electron chi connectivity index (χ1n) is 5.52. The molecular formula is C12H15NO3. The molecule has 4 nitrogen and oxygen atoms in total. The van der Waals surface area contributed by atoms with Crippen LogP contribution in [-0.2, 0) is 4.74 Å². The van der Waals surface area contributed by atoms with Crippen LogP contribution < -0.4 is 4.90 Å². The molecule has 2 fully saturated rings. The number of anilines is 1. The molecule has 0 radical (unpaired) electrons. The third-order valence-electron chi connectivity index (χ3n) is 3.51. The summed E-state index contributed by atoms with van der Waals surface area (Å²) in [6.45, 7) is 1.50. The minimum absolute atomic E-state index is 0.470. The number of aliphatic hydroxyl groups excluding tert-OH is 2. The number of hydrogen-bond acceptors (Lipinski definition) is 4. The molecule has 0 aromatic heterocycles. The lowest BCUT2D eigenvalue weighted by molar-refractivity contribution is -0.0248. The molecule has 0 saturated carbocycles. The monoisotopic (exact) mass is 221 g/mol. The molecule has 0 amide bonds. The Hall–Kier alpha value is -1.10. The molecule has 2 atom stereocenters. The quantitative estimate of drug-likeness (QED) is 0.655. The number of piperidine rings is 1. The number of rotatable bonds is 1. The van der Waals surface area contributed by atoms with Crippen molar-refractivity contribution in [3.63, 3.8) is 0 Å². The van der Waals surface area contributed by atoms with Crippen molar-refractivity contribution in [1.29, 1.82) is 0 Å². The molecule has 0 aliphatic carbocycles. The van der Waals surface area contributed by atoms with Crippen molar-refractivity contribution in [3.05, 3.63) is 30.3 Å². The van der Waals surface area contributed by atoms with Crippen LogP contribution in [-0.4, -0.2) is 47.7 Å². The van der Waals surface area contributed by atoms with E-state index < -0.39 is 17.8 Å². The average Bonchev–Trinajstić information content (AvgIpc) is 3.09. The maximum Gasteiger partial charge on any atom is 0.146 e. The molecule has 1 aromatic carbocycles. The lowest BCUT2D eigenvalue weighted by Gasteiger charge is -2.39. The summed E-state index contributed by atoms with van der Waals surface area (Å²) in [4.78, 5) is 1.99. The molecule has 4 heteroatoms. The zero-order valence-electron chi connectivity index (χ0n) is 8.91. The number of benzene rings is 1. The summed E-state index contributed by atoms with van der Waals surface area (Å²) in [6.07, 6.45) is -1.23. The van der Waals surface area contributed by atoms with Gasteiger partial charge in [0.25, 0.3) is 0 Å². The molecule has 16 heavy (non-hydrogen) atoms. The molecule has 2 aliphatic heterocycles. The number of aliphatic hydroxyl groups is 2. The predicted octanol–water partition coefficient (Wildman–Crippen LogP) is -0.00260. The van der Waals surface area contributed by atoms with E-state index >= 15 is 0 Å². The van der Waals surface area contributed by atoms with E-state index in [0.29, 0.717) is 19.7 Å². The van der Waals surface area contributed by atoms with Gasteiger partial charge in [0, 0.05) is 18.8 Å². The first-order chi connectivity index (χ1) is 7.72. The Labute approximate surface area is 94.1 Å². The molecule has 2 heterocycles. The SMILES string of the molecule is OC1CN(c2ccccc2)CC(O)C12CO2. The van der Waals surface area contributed by atoms with Crippen molar-refractivity contribution >= 4 is 5.69 Å². The fraction of sp³-hybridized carbons (Fsp3) is 0.500. The summed E-state index contributed by atoms with van der Waals surface area (Å²) < 4.78 is 5.22. The van der Waals surface area contributed by atoms with Crippen LogP contribution in [0, 0.1) is 0 Å². The second-order valence-electron chi connectivity index (χ2n) is 4.52. The molecule has 0 bridgehead atoms. The van der Waals surface area contributed by atoms with Gasteiger partial charge in [0.1, 0.15) is 17.8 Å². The molecule has 2 saturated heterocycles. The zero-order valence-corrected chi connectivity index (χ0v) is 8.91. The average molecular weight is 221 g/mol. The second-order valence-corrected chi connectivity index (χ2v) is 4.52. The lowest BCUT2D eigenvalue weighted by atomic mass is 9.91. The van der Waals surface area contributed by atoms with Gasteiger partial charge in [-0.05, 0) is 12.1 Å². The second kappa shape index (κ2) is 3.45. The topological polar surface area (TPSA) is 56.2 Å². The molecule has 1 aromatic rings. The number of ether oxygens (including phenoxy) is 1. The Morgan fingerprint density at radius 1 is 1.12 bits per heavy atom. The van der Waals surface area contributed by atoms with E-state index in [9.17, 15) is 10.2 Å². The van der Waals surface area contributed by atoms with Gasteiger partial charge in [-0.15, -0.1) is 0 Å². The highest BCUT2D eigenvalue weighted by molar-refractivity contribution is 5.47. The van der Waals surface area contributed by atoms with Crippen LogP contribution in [0.4, 0.5) is 5.69 Å². The van der Waals surface area contributed by atoms with Crippen molar-refractivity contribution in [2.24, 2.45) is 0 Å². The molecular weight excluding hydrogens is 206 g/mol. The smallest absolute Gasteiger partial charge is 0.146 e. The largest absolute Gasteiger partial charge is 0.388 e. The maximum atomic E-state index is 9.97. The third-order valence-corrected chi connectivity index (χ3v) is 3.51. The van der Waals surface area contributed by atoms with Crippen LogP contribution >= 0.6 is 0 Å². The number of para-hydroxylation sites is 1. The molecule has 2 aliphatic rings. The first kappa shape index (κ1) is 10.1. The van der Waals surface area contributed by atoms with Crippen molar-refractivity contribution in [3.8, 4) is 0 Å². The van der Waals surface area contributed by atoms with Gasteiger partial charge in [-0.3, -0.25) is 0 Å². The summed E-state index contributed by atoms with van der Waals surface area (Å²) in [5.74, 6) is 0. The normalized spacial score (nSPS) is 37.8. The minimum Gasteiger partial charge on any atom is -0.388 e. The van der Waals surface area contributed by atoms with E-state index in [-0.39, 0.29) is 0 Å². The number of hydrogen-bond donors (Lipinski definition) is 2. The highest BCUT2D eigenvalue weighted by Crippen LogP contribution is 2.39. The predicted molar refractivity (Wildman–Crippen MR) is 59.4 cm³/mol. The van der Waals surface area contributed by atoms with Crippen LogP contribution in [0.3, 0.4) is 0 Å². The van der Waals surface area contributed by atoms with E-state index in [1.165, 1.54) is 0 Å². The highest BCUT2D eigenvalue weighted by Gasteiger charge is 2.59. The molecule has 3 rings (SSSR count). The number of epoxide rings is 1. The van der Waals surface area contributed by atoms with Gasteiger partial charge < -0.3 is 19.8 Å². The fourth-order valence-corrected chi connectivity index (χ4v) is 2.34. The van der Waals surface area contributed by atoms with Gasteiger partial charge in [0.2, 0.25) is 0 Å². The van der Waals surface area contributed by atoms with Gasteiger partial charge in [-0.1, -0.05) is 18.2 Å². The molecule has 86 valence electrons. The van der Waals surface area contributed by atoms with Crippen LogP contribution in [0.15, 0.2) is 30.3 Å². The van der Waals surface area contributed by atoms with Gasteiger partial charge in [-0.25, -0.2) is 0 Å². The van der Waals surface area contributed by atoms with Crippen LogP contribution in [0.2, 0.25) is 0 Å². The Balaban J connectivity index is 1.80. The molecule has 2 N–H and O–H groups in total. The Kier molecular flexibility index (Phi) is 2.17. The fourth-order valence-electron chi connectivity index (χ4n) is 2.34. The van der Waals surface area contributed by atoms with Crippen molar-refractivity contribution in [2.75, 3.05) is 24.6 Å². The lowest BCUT2D eigenvalue weighted by Crippen LogP contribution is -2.58. The van der Waals surface area contributed by atoms with Crippen LogP contribution in [0.25, 0.3) is 0 Å².